The molecule has 0 saturated carbocycles. The Hall–Kier alpha value is -2.40. The molecule has 5 heteroatoms. The van der Waals surface area contributed by atoms with Crippen LogP contribution in [0.1, 0.15) is 15.9 Å². The largest absolute Gasteiger partial charge is 0.507 e. The maximum atomic E-state index is 13.2. The van der Waals surface area contributed by atoms with E-state index in [0.29, 0.717) is 12.2 Å². The number of nitrogens with zero attached hydrogens (tertiary/aromatic N) is 1. The lowest BCUT2D eigenvalue weighted by Crippen LogP contribution is -2.26. The number of hydrogen-bond donors (Lipinski definition) is 2. The number of phenolic OH excluding ortho intramolecular Hbond substituents is 1. The van der Waals surface area contributed by atoms with Crippen molar-refractivity contribution in [3.63, 3.8) is 0 Å². The number of rotatable bonds is 3. The van der Waals surface area contributed by atoms with Crippen LogP contribution in [0.5, 0.6) is 5.75 Å². The Balaban J connectivity index is 2.34. The monoisotopic (exact) mass is 274 g/mol. The molecule has 20 heavy (non-hydrogen) atoms. The van der Waals surface area contributed by atoms with Crippen LogP contribution in [-0.4, -0.2) is 18.1 Å². The van der Waals surface area contributed by atoms with Crippen molar-refractivity contribution in [2.45, 2.75) is 6.54 Å². The van der Waals surface area contributed by atoms with Gasteiger partial charge in [-0.1, -0.05) is 12.1 Å². The summed E-state index contributed by atoms with van der Waals surface area (Å²) in [5.41, 5.74) is 6.99. The molecule has 0 heterocycles. The molecule has 104 valence electrons. The number of carbonyl (C=O) groups excluding carboxylic acids is 1. The van der Waals surface area contributed by atoms with E-state index in [2.05, 4.69) is 0 Å². The van der Waals surface area contributed by atoms with Crippen LogP contribution in [0.3, 0.4) is 0 Å². The number of hydrogen-bond acceptors (Lipinski definition) is 3. The number of phenols is 1. The minimum Gasteiger partial charge on any atom is -0.507 e. The maximum Gasteiger partial charge on any atom is 0.261 e. The standard InChI is InChI=1S/C15H15FN2O2/c1-18(12-4-2-3-10(7-12)9-17)15(20)13-8-11(16)5-6-14(13)19/h2-8,19H,9,17H2,1H3. The van der Waals surface area contributed by atoms with Gasteiger partial charge in [0.25, 0.3) is 5.91 Å². The first-order chi connectivity index (χ1) is 9.52. The van der Waals surface area contributed by atoms with Crippen molar-refractivity contribution in [1.29, 1.82) is 0 Å². The molecule has 0 unspecified atom stereocenters. The van der Waals surface area contributed by atoms with Crippen LogP contribution in [0.25, 0.3) is 0 Å². The molecule has 0 radical (unpaired) electrons. The second-order valence-electron chi connectivity index (χ2n) is 4.40. The lowest BCUT2D eigenvalue weighted by atomic mass is 10.1. The Morgan fingerprint density at radius 2 is 2.05 bits per heavy atom. The van der Waals surface area contributed by atoms with Gasteiger partial charge in [-0.3, -0.25) is 4.79 Å². The average molecular weight is 274 g/mol. The van der Waals surface area contributed by atoms with E-state index in [1.165, 1.54) is 4.90 Å². The highest BCUT2D eigenvalue weighted by molar-refractivity contribution is 6.07. The van der Waals surface area contributed by atoms with Gasteiger partial charge in [-0.25, -0.2) is 4.39 Å². The first-order valence-electron chi connectivity index (χ1n) is 6.08. The predicted octanol–water partition coefficient (Wildman–Crippen LogP) is 2.27. The van der Waals surface area contributed by atoms with Gasteiger partial charge < -0.3 is 15.7 Å². The maximum absolute atomic E-state index is 13.2. The minimum atomic E-state index is -0.574. The number of carbonyl (C=O) groups is 1. The summed E-state index contributed by atoms with van der Waals surface area (Å²) in [6.45, 7) is 0.362. The van der Waals surface area contributed by atoms with E-state index in [9.17, 15) is 14.3 Å². The first kappa shape index (κ1) is 14.0. The van der Waals surface area contributed by atoms with Gasteiger partial charge in [-0.15, -0.1) is 0 Å². The van der Waals surface area contributed by atoms with E-state index >= 15 is 0 Å². The SMILES string of the molecule is CN(C(=O)c1cc(F)ccc1O)c1cccc(CN)c1. The number of halogens is 1. The molecule has 0 saturated heterocycles. The summed E-state index contributed by atoms with van der Waals surface area (Å²) >= 11 is 0. The van der Waals surface area contributed by atoms with Crippen LogP contribution in [0.15, 0.2) is 42.5 Å². The Kier molecular flexibility index (Phi) is 4.00. The lowest BCUT2D eigenvalue weighted by Gasteiger charge is -2.18. The number of benzene rings is 2. The predicted molar refractivity (Wildman–Crippen MR) is 75.1 cm³/mol. The fourth-order valence-electron chi connectivity index (χ4n) is 1.87. The van der Waals surface area contributed by atoms with Gasteiger partial charge in [0.2, 0.25) is 0 Å². The van der Waals surface area contributed by atoms with Crippen molar-refractivity contribution < 1.29 is 14.3 Å². The van der Waals surface area contributed by atoms with Crippen LogP contribution in [0.2, 0.25) is 0 Å². The molecule has 0 spiro atoms. The molecule has 2 aromatic rings. The third-order valence-electron chi connectivity index (χ3n) is 3.03. The quantitative estimate of drug-likeness (QED) is 0.902. The second-order valence-corrected chi connectivity index (χ2v) is 4.40. The summed E-state index contributed by atoms with van der Waals surface area (Å²) in [7, 11) is 1.56. The number of aromatic hydroxyl groups is 1. The van der Waals surface area contributed by atoms with Crippen molar-refractivity contribution >= 4 is 11.6 Å². The molecule has 2 aromatic carbocycles. The van der Waals surface area contributed by atoms with Crippen molar-refractivity contribution in [3.05, 3.63) is 59.4 Å². The van der Waals surface area contributed by atoms with Crippen molar-refractivity contribution in [2.75, 3.05) is 11.9 Å². The summed E-state index contributed by atoms with van der Waals surface area (Å²) in [5, 5.41) is 9.67. The van der Waals surface area contributed by atoms with E-state index in [4.69, 9.17) is 5.73 Å². The zero-order valence-electron chi connectivity index (χ0n) is 11.0. The lowest BCUT2D eigenvalue weighted by molar-refractivity contribution is 0.0990. The number of amides is 1. The second kappa shape index (κ2) is 5.71. The molecule has 0 fully saturated rings. The molecular formula is C15H15FN2O2. The molecule has 0 atom stereocenters. The normalized spacial score (nSPS) is 10.3. The zero-order valence-corrected chi connectivity index (χ0v) is 11.0. The van der Waals surface area contributed by atoms with E-state index < -0.39 is 11.7 Å². The molecule has 0 aliphatic carbocycles. The van der Waals surface area contributed by atoms with Gasteiger partial charge in [-0.2, -0.15) is 0 Å². The van der Waals surface area contributed by atoms with Gasteiger partial charge in [0.15, 0.2) is 0 Å². The van der Waals surface area contributed by atoms with Crippen molar-refractivity contribution in [3.8, 4) is 5.75 Å². The van der Waals surface area contributed by atoms with Crippen LogP contribution in [-0.2, 0) is 6.54 Å². The zero-order chi connectivity index (χ0) is 14.7. The van der Waals surface area contributed by atoms with Gasteiger partial charge in [0, 0.05) is 19.3 Å². The topological polar surface area (TPSA) is 66.6 Å². The van der Waals surface area contributed by atoms with Crippen LogP contribution < -0.4 is 10.6 Å². The van der Waals surface area contributed by atoms with E-state index in [1.807, 2.05) is 6.07 Å². The van der Waals surface area contributed by atoms with E-state index in [0.717, 1.165) is 23.8 Å². The first-order valence-corrected chi connectivity index (χ1v) is 6.08. The Labute approximate surface area is 116 Å². The Morgan fingerprint density at radius 1 is 1.30 bits per heavy atom. The van der Waals surface area contributed by atoms with Gasteiger partial charge in [0.05, 0.1) is 5.56 Å². The third kappa shape index (κ3) is 2.78. The van der Waals surface area contributed by atoms with Gasteiger partial charge in [-0.05, 0) is 35.9 Å². The Morgan fingerprint density at radius 3 is 2.75 bits per heavy atom. The van der Waals surface area contributed by atoms with Crippen LogP contribution in [0, 0.1) is 5.82 Å². The average Bonchev–Trinajstić information content (AvgIpc) is 2.48. The van der Waals surface area contributed by atoms with Crippen molar-refractivity contribution in [1.82, 2.24) is 0 Å². The highest BCUT2D eigenvalue weighted by Crippen LogP contribution is 2.23. The summed E-state index contributed by atoms with van der Waals surface area (Å²) < 4.78 is 13.2. The van der Waals surface area contributed by atoms with Crippen LogP contribution in [0.4, 0.5) is 10.1 Å². The summed E-state index contributed by atoms with van der Waals surface area (Å²) in [4.78, 5) is 13.6. The molecule has 3 N–H and O–H groups in total. The van der Waals surface area contributed by atoms with Gasteiger partial charge in [0.1, 0.15) is 11.6 Å². The molecule has 4 nitrogen and oxygen atoms in total. The van der Waals surface area contributed by atoms with E-state index in [1.54, 1.807) is 25.2 Å². The summed E-state index contributed by atoms with van der Waals surface area (Å²) in [6, 6.07) is 10.4. The van der Waals surface area contributed by atoms with Crippen LogP contribution >= 0.6 is 0 Å². The Bertz CT molecular complexity index is 644. The minimum absolute atomic E-state index is 0.0781. The van der Waals surface area contributed by atoms with E-state index in [-0.39, 0.29) is 11.3 Å². The molecule has 1 amide bonds. The van der Waals surface area contributed by atoms with Crippen molar-refractivity contribution in [2.24, 2.45) is 5.73 Å². The third-order valence-corrected chi connectivity index (χ3v) is 3.03. The molecule has 0 aliphatic heterocycles. The number of anilines is 1. The fourth-order valence-corrected chi connectivity index (χ4v) is 1.87. The summed E-state index contributed by atoms with van der Waals surface area (Å²) in [5.74, 6) is -1.32. The molecule has 2 rings (SSSR count). The highest BCUT2D eigenvalue weighted by atomic mass is 19.1. The molecule has 0 aliphatic rings. The number of nitrogens with two attached hydrogens (primary N) is 1. The summed E-state index contributed by atoms with van der Waals surface area (Å²) in [6.07, 6.45) is 0. The molecular weight excluding hydrogens is 259 g/mol. The van der Waals surface area contributed by atoms with Gasteiger partial charge >= 0.3 is 0 Å². The highest BCUT2D eigenvalue weighted by Gasteiger charge is 2.18. The molecule has 0 bridgehead atoms. The smallest absolute Gasteiger partial charge is 0.261 e. The fraction of sp³-hybridized carbons (Fsp3) is 0.133. The molecule has 0 aromatic heterocycles.